The van der Waals surface area contributed by atoms with Crippen molar-refractivity contribution in [1.29, 1.82) is 0 Å². The summed E-state index contributed by atoms with van der Waals surface area (Å²) in [5, 5.41) is 3.03. The fourth-order valence-electron chi connectivity index (χ4n) is 2.64. The van der Waals surface area contributed by atoms with Gasteiger partial charge in [-0.25, -0.2) is 13.4 Å². The first-order valence-electron chi connectivity index (χ1n) is 9.04. The highest BCUT2D eigenvalue weighted by Crippen LogP contribution is 2.31. The summed E-state index contributed by atoms with van der Waals surface area (Å²) in [6, 6.07) is 11.6. The summed E-state index contributed by atoms with van der Waals surface area (Å²) in [5.41, 5.74) is 0.538. The Morgan fingerprint density at radius 1 is 0.935 bits per heavy atom. The van der Waals surface area contributed by atoms with Crippen LogP contribution in [0.3, 0.4) is 0 Å². The molecule has 2 N–H and O–H groups in total. The molecule has 0 saturated heterocycles. The largest absolute Gasteiger partial charge is 0.416 e. The number of hydrogen-bond donors (Lipinski definition) is 2. The van der Waals surface area contributed by atoms with E-state index in [1.807, 2.05) is 32.0 Å². The summed E-state index contributed by atoms with van der Waals surface area (Å²) >= 11 is 0. The SMILES string of the molecule is Cc1cc(N(C)C)nc(Nc2ccc(NS(=O)(=O)c3cccc(C(F)(F)F)c3)cc2)n1. The maximum absolute atomic E-state index is 12.9. The number of aromatic nitrogens is 2. The van der Waals surface area contributed by atoms with Gasteiger partial charge in [0.1, 0.15) is 5.82 Å². The molecule has 0 amide bonds. The zero-order chi connectivity index (χ0) is 22.8. The van der Waals surface area contributed by atoms with E-state index >= 15 is 0 Å². The average molecular weight is 451 g/mol. The summed E-state index contributed by atoms with van der Waals surface area (Å²) < 4.78 is 65.8. The second kappa shape index (κ2) is 8.42. The topological polar surface area (TPSA) is 87.2 Å². The molecule has 31 heavy (non-hydrogen) atoms. The van der Waals surface area contributed by atoms with Crippen molar-refractivity contribution in [2.45, 2.75) is 18.0 Å². The number of nitrogens with zero attached hydrogens (tertiary/aromatic N) is 3. The van der Waals surface area contributed by atoms with E-state index in [1.54, 1.807) is 12.1 Å². The first-order valence-corrected chi connectivity index (χ1v) is 10.5. The molecule has 164 valence electrons. The van der Waals surface area contributed by atoms with Crippen LogP contribution in [-0.2, 0) is 16.2 Å². The summed E-state index contributed by atoms with van der Waals surface area (Å²) in [4.78, 5) is 10.0. The number of nitrogens with one attached hydrogen (secondary N) is 2. The van der Waals surface area contributed by atoms with Crippen LogP contribution in [-0.4, -0.2) is 32.5 Å². The molecule has 0 bridgehead atoms. The predicted molar refractivity (Wildman–Crippen MR) is 113 cm³/mol. The number of anilines is 4. The molecule has 0 aliphatic rings. The maximum atomic E-state index is 12.9. The van der Waals surface area contributed by atoms with E-state index in [1.165, 1.54) is 12.1 Å². The molecule has 0 radical (unpaired) electrons. The van der Waals surface area contributed by atoms with E-state index in [0.717, 1.165) is 29.7 Å². The molecule has 0 saturated carbocycles. The molecule has 2 aromatic carbocycles. The molecule has 0 fully saturated rings. The van der Waals surface area contributed by atoms with Crippen molar-refractivity contribution in [2.24, 2.45) is 0 Å². The van der Waals surface area contributed by atoms with Crippen molar-refractivity contribution in [1.82, 2.24) is 9.97 Å². The zero-order valence-electron chi connectivity index (χ0n) is 16.9. The van der Waals surface area contributed by atoms with E-state index in [-0.39, 0.29) is 5.69 Å². The molecule has 0 aliphatic heterocycles. The van der Waals surface area contributed by atoms with Crippen molar-refractivity contribution in [3.05, 3.63) is 65.9 Å². The fraction of sp³-hybridized carbons (Fsp3) is 0.200. The Hall–Kier alpha value is -3.34. The molecule has 0 unspecified atom stereocenters. The Labute approximate surface area is 178 Å². The number of benzene rings is 2. The van der Waals surface area contributed by atoms with Crippen LogP contribution in [0.15, 0.2) is 59.5 Å². The number of alkyl halides is 3. The van der Waals surface area contributed by atoms with E-state index in [0.29, 0.717) is 17.7 Å². The molecular formula is C20H20F3N5O2S. The molecule has 7 nitrogen and oxygen atoms in total. The Bertz CT molecular complexity index is 1180. The summed E-state index contributed by atoms with van der Waals surface area (Å²) in [6.07, 6.45) is -4.64. The lowest BCUT2D eigenvalue weighted by molar-refractivity contribution is -0.137. The van der Waals surface area contributed by atoms with Gasteiger partial charge in [-0.05, 0) is 49.4 Å². The second-order valence-corrected chi connectivity index (χ2v) is 8.60. The standard InChI is InChI=1S/C20H20F3N5O2S/c1-13-11-18(28(2)3)26-19(24-13)25-15-7-9-16(10-8-15)27-31(29,30)17-6-4-5-14(12-17)20(21,22)23/h4-12,27H,1-3H3,(H,24,25,26). The average Bonchev–Trinajstić information content (AvgIpc) is 2.68. The van der Waals surface area contributed by atoms with Crippen LogP contribution in [0.5, 0.6) is 0 Å². The zero-order valence-corrected chi connectivity index (χ0v) is 17.7. The third-order valence-corrected chi connectivity index (χ3v) is 5.54. The number of hydrogen-bond acceptors (Lipinski definition) is 6. The molecule has 3 aromatic rings. The van der Waals surface area contributed by atoms with Crippen LogP contribution in [0, 0.1) is 6.92 Å². The number of sulfonamides is 1. The normalized spacial score (nSPS) is 11.8. The van der Waals surface area contributed by atoms with Gasteiger partial charge in [0.15, 0.2) is 0 Å². The lowest BCUT2D eigenvalue weighted by atomic mass is 10.2. The van der Waals surface area contributed by atoms with Crippen molar-refractivity contribution >= 4 is 33.2 Å². The quantitative estimate of drug-likeness (QED) is 0.577. The molecule has 0 spiro atoms. The molecule has 0 atom stereocenters. The maximum Gasteiger partial charge on any atom is 0.416 e. The molecule has 1 aromatic heterocycles. The first-order chi connectivity index (χ1) is 14.4. The lowest BCUT2D eigenvalue weighted by Crippen LogP contribution is -2.14. The minimum Gasteiger partial charge on any atom is -0.363 e. The van der Waals surface area contributed by atoms with Crippen molar-refractivity contribution in [3.63, 3.8) is 0 Å². The Kier molecular flexibility index (Phi) is 6.07. The van der Waals surface area contributed by atoms with Gasteiger partial charge in [-0.3, -0.25) is 4.72 Å². The number of halogens is 3. The minimum atomic E-state index is -4.64. The fourth-order valence-corrected chi connectivity index (χ4v) is 3.75. The van der Waals surface area contributed by atoms with E-state index < -0.39 is 26.7 Å². The van der Waals surface area contributed by atoms with Crippen molar-refractivity contribution < 1.29 is 21.6 Å². The smallest absolute Gasteiger partial charge is 0.363 e. The van der Waals surface area contributed by atoms with Gasteiger partial charge in [0.05, 0.1) is 10.5 Å². The van der Waals surface area contributed by atoms with Crippen LogP contribution in [0.2, 0.25) is 0 Å². The lowest BCUT2D eigenvalue weighted by Gasteiger charge is -2.14. The third kappa shape index (κ3) is 5.63. The predicted octanol–water partition coefficient (Wildman–Crippen LogP) is 4.41. The van der Waals surface area contributed by atoms with Crippen molar-refractivity contribution in [3.8, 4) is 0 Å². The van der Waals surface area contributed by atoms with E-state index in [2.05, 4.69) is 20.0 Å². The van der Waals surface area contributed by atoms with E-state index in [4.69, 9.17) is 0 Å². The van der Waals surface area contributed by atoms with Gasteiger partial charge in [-0.1, -0.05) is 6.07 Å². The molecular weight excluding hydrogens is 431 g/mol. The minimum absolute atomic E-state index is 0.196. The number of aryl methyl sites for hydroxylation is 1. The van der Waals surface area contributed by atoms with Gasteiger partial charge in [0, 0.05) is 37.2 Å². The van der Waals surface area contributed by atoms with Crippen LogP contribution < -0.4 is 14.9 Å². The Balaban J connectivity index is 1.76. The summed E-state index contributed by atoms with van der Waals surface area (Å²) in [7, 11) is -0.473. The molecule has 0 aliphatic carbocycles. The highest BCUT2D eigenvalue weighted by atomic mass is 32.2. The highest BCUT2D eigenvalue weighted by molar-refractivity contribution is 7.92. The van der Waals surface area contributed by atoms with E-state index in [9.17, 15) is 21.6 Å². The first kappa shape index (κ1) is 22.3. The van der Waals surface area contributed by atoms with Crippen molar-refractivity contribution in [2.75, 3.05) is 29.0 Å². The van der Waals surface area contributed by atoms with Gasteiger partial charge in [0.25, 0.3) is 10.0 Å². The van der Waals surface area contributed by atoms with Crippen LogP contribution in [0.25, 0.3) is 0 Å². The Morgan fingerprint density at radius 2 is 1.58 bits per heavy atom. The van der Waals surface area contributed by atoms with Crippen LogP contribution in [0.1, 0.15) is 11.3 Å². The second-order valence-electron chi connectivity index (χ2n) is 6.92. The monoisotopic (exact) mass is 451 g/mol. The van der Waals surface area contributed by atoms with Gasteiger partial charge < -0.3 is 10.2 Å². The van der Waals surface area contributed by atoms with Gasteiger partial charge >= 0.3 is 6.18 Å². The van der Waals surface area contributed by atoms with Gasteiger partial charge in [-0.15, -0.1) is 0 Å². The number of rotatable bonds is 6. The molecule has 3 rings (SSSR count). The third-order valence-electron chi connectivity index (χ3n) is 4.16. The van der Waals surface area contributed by atoms with Crippen LogP contribution >= 0.6 is 0 Å². The Morgan fingerprint density at radius 3 is 2.19 bits per heavy atom. The summed E-state index contributed by atoms with van der Waals surface area (Å²) in [6.45, 7) is 1.84. The molecule has 1 heterocycles. The summed E-state index contributed by atoms with van der Waals surface area (Å²) in [5.74, 6) is 1.10. The van der Waals surface area contributed by atoms with Gasteiger partial charge in [-0.2, -0.15) is 18.2 Å². The van der Waals surface area contributed by atoms with Crippen LogP contribution in [0.4, 0.5) is 36.3 Å². The molecule has 11 heteroatoms. The van der Waals surface area contributed by atoms with Gasteiger partial charge in [0.2, 0.25) is 5.95 Å². The highest BCUT2D eigenvalue weighted by Gasteiger charge is 2.31.